The van der Waals surface area contributed by atoms with Crippen molar-refractivity contribution in [1.82, 2.24) is 0 Å². The molecule has 0 saturated carbocycles. The molecule has 1 rings (SSSR count). The van der Waals surface area contributed by atoms with Crippen molar-refractivity contribution < 1.29 is 9.00 Å². The zero-order chi connectivity index (χ0) is 12.5. The van der Waals surface area contributed by atoms with E-state index in [1.807, 2.05) is 6.07 Å². The fourth-order valence-electron chi connectivity index (χ4n) is 1.44. The molecular formula is C12H17NO2S. The monoisotopic (exact) mass is 239 g/mol. The maximum atomic E-state index is 11.4. The first-order valence-electron chi connectivity index (χ1n) is 5.01. The second kappa shape index (κ2) is 4.37. The van der Waals surface area contributed by atoms with Crippen molar-refractivity contribution in [3.05, 3.63) is 29.3 Å². The lowest BCUT2D eigenvalue weighted by molar-refractivity contribution is 0.0997. The van der Waals surface area contributed by atoms with E-state index in [0.717, 1.165) is 5.56 Å². The van der Waals surface area contributed by atoms with Gasteiger partial charge in [0.15, 0.2) is 0 Å². The van der Waals surface area contributed by atoms with E-state index in [1.165, 1.54) is 0 Å². The fraction of sp³-hybridized carbons (Fsp3) is 0.417. The van der Waals surface area contributed by atoms with Gasteiger partial charge in [0.25, 0.3) is 0 Å². The van der Waals surface area contributed by atoms with E-state index in [2.05, 4.69) is 20.8 Å². The molecule has 88 valence electrons. The molecule has 0 spiro atoms. The van der Waals surface area contributed by atoms with Crippen molar-refractivity contribution in [2.45, 2.75) is 31.1 Å². The van der Waals surface area contributed by atoms with E-state index in [0.29, 0.717) is 10.5 Å². The maximum Gasteiger partial charge on any atom is 0.249 e. The van der Waals surface area contributed by atoms with Crippen molar-refractivity contribution in [2.75, 3.05) is 6.26 Å². The topological polar surface area (TPSA) is 60.2 Å². The maximum absolute atomic E-state index is 11.4. The highest BCUT2D eigenvalue weighted by Crippen LogP contribution is 2.25. The van der Waals surface area contributed by atoms with Gasteiger partial charge in [0.05, 0.1) is 21.3 Å². The molecule has 0 saturated heterocycles. The highest BCUT2D eigenvalue weighted by Gasteiger charge is 2.18. The van der Waals surface area contributed by atoms with Crippen LogP contribution in [0.2, 0.25) is 0 Å². The van der Waals surface area contributed by atoms with Gasteiger partial charge in [-0.1, -0.05) is 26.8 Å². The molecule has 2 N–H and O–H groups in total. The van der Waals surface area contributed by atoms with Gasteiger partial charge in [0.1, 0.15) is 0 Å². The normalized spacial score (nSPS) is 13.5. The third-order valence-corrected chi connectivity index (χ3v) is 3.40. The van der Waals surface area contributed by atoms with Gasteiger partial charge in [-0.25, -0.2) is 0 Å². The lowest BCUT2D eigenvalue weighted by Gasteiger charge is -2.20. The van der Waals surface area contributed by atoms with E-state index in [4.69, 9.17) is 5.73 Å². The molecular weight excluding hydrogens is 222 g/mol. The summed E-state index contributed by atoms with van der Waals surface area (Å²) in [4.78, 5) is 11.8. The van der Waals surface area contributed by atoms with Gasteiger partial charge in [-0.2, -0.15) is 0 Å². The van der Waals surface area contributed by atoms with Crippen LogP contribution >= 0.6 is 0 Å². The minimum absolute atomic E-state index is 0.0576. The molecule has 0 radical (unpaired) electrons. The van der Waals surface area contributed by atoms with E-state index in [1.54, 1.807) is 18.4 Å². The van der Waals surface area contributed by atoms with E-state index in [9.17, 15) is 9.00 Å². The van der Waals surface area contributed by atoms with Crippen LogP contribution < -0.4 is 5.73 Å². The predicted octanol–water partition coefficient (Wildman–Crippen LogP) is 1.82. The summed E-state index contributed by atoms with van der Waals surface area (Å²) in [6.45, 7) is 6.15. The molecule has 0 heterocycles. The van der Waals surface area contributed by atoms with Crippen LogP contribution in [0.3, 0.4) is 0 Å². The zero-order valence-corrected chi connectivity index (χ0v) is 10.9. The number of hydrogen-bond donors (Lipinski definition) is 1. The second-order valence-corrected chi connectivity index (χ2v) is 6.13. The Bertz CT molecular complexity index is 447. The third kappa shape index (κ3) is 2.70. The van der Waals surface area contributed by atoms with Crippen LogP contribution in [0.25, 0.3) is 0 Å². The zero-order valence-electron chi connectivity index (χ0n) is 10.0. The Kier molecular flexibility index (Phi) is 3.53. The summed E-state index contributed by atoms with van der Waals surface area (Å²) in [5.41, 5.74) is 6.60. The first-order valence-corrected chi connectivity index (χ1v) is 6.57. The van der Waals surface area contributed by atoms with E-state index in [-0.39, 0.29) is 5.41 Å². The Hall–Kier alpha value is -1.16. The Labute approximate surface area is 98.5 Å². The van der Waals surface area contributed by atoms with Crippen molar-refractivity contribution in [3.8, 4) is 0 Å². The van der Waals surface area contributed by atoms with Crippen LogP contribution in [0.15, 0.2) is 23.1 Å². The van der Waals surface area contributed by atoms with Gasteiger partial charge in [0, 0.05) is 6.26 Å². The van der Waals surface area contributed by atoms with Gasteiger partial charge in [-0.3, -0.25) is 9.00 Å². The van der Waals surface area contributed by atoms with E-state index < -0.39 is 16.7 Å². The minimum Gasteiger partial charge on any atom is -0.366 e. The minimum atomic E-state index is -1.20. The lowest BCUT2D eigenvalue weighted by atomic mass is 9.86. The number of carbonyl (C=O) groups excluding carboxylic acids is 1. The SMILES string of the molecule is CS(=O)c1ccc(C(C)(C)C)cc1C(N)=O. The number of primary amides is 1. The van der Waals surface area contributed by atoms with Crippen LogP contribution in [0.1, 0.15) is 36.7 Å². The summed E-state index contributed by atoms with van der Waals surface area (Å²) in [5, 5.41) is 0. The Morgan fingerprint density at radius 1 is 1.31 bits per heavy atom. The van der Waals surface area contributed by atoms with Gasteiger partial charge >= 0.3 is 0 Å². The molecule has 1 aromatic carbocycles. The van der Waals surface area contributed by atoms with Gasteiger partial charge in [0.2, 0.25) is 5.91 Å². The summed E-state index contributed by atoms with van der Waals surface area (Å²) < 4.78 is 11.4. The molecule has 1 aromatic rings. The largest absolute Gasteiger partial charge is 0.366 e. The Balaban J connectivity index is 3.40. The second-order valence-electron chi connectivity index (χ2n) is 4.78. The molecule has 0 aliphatic carbocycles. The molecule has 3 nitrogen and oxygen atoms in total. The Morgan fingerprint density at radius 3 is 2.25 bits per heavy atom. The molecule has 1 amide bonds. The highest BCUT2D eigenvalue weighted by molar-refractivity contribution is 7.84. The summed E-state index contributed by atoms with van der Waals surface area (Å²) >= 11 is 0. The number of carbonyl (C=O) groups is 1. The first-order chi connectivity index (χ1) is 7.23. The van der Waals surface area contributed by atoms with E-state index >= 15 is 0 Å². The molecule has 1 unspecified atom stereocenters. The summed E-state index contributed by atoms with van der Waals surface area (Å²) in [6, 6.07) is 5.35. The molecule has 0 bridgehead atoms. The Morgan fingerprint density at radius 2 is 1.88 bits per heavy atom. The highest BCUT2D eigenvalue weighted by atomic mass is 32.2. The van der Waals surface area contributed by atoms with Crippen molar-refractivity contribution >= 4 is 16.7 Å². The van der Waals surface area contributed by atoms with Crippen molar-refractivity contribution in [1.29, 1.82) is 0 Å². The number of rotatable bonds is 2. The molecule has 16 heavy (non-hydrogen) atoms. The third-order valence-electron chi connectivity index (χ3n) is 2.42. The van der Waals surface area contributed by atoms with Gasteiger partial charge in [-0.05, 0) is 23.1 Å². The van der Waals surface area contributed by atoms with Crippen LogP contribution in [-0.4, -0.2) is 16.4 Å². The number of amides is 1. The standard InChI is InChI=1S/C12H17NO2S/c1-12(2,3)8-5-6-10(16(4)15)9(7-8)11(13)14/h5-7H,1-4H3,(H2,13,14). The van der Waals surface area contributed by atoms with Crippen LogP contribution in [0.5, 0.6) is 0 Å². The summed E-state index contributed by atoms with van der Waals surface area (Å²) in [5.74, 6) is -0.531. The average Bonchev–Trinajstić information content (AvgIpc) is 2.15. The number of hydrogen-bond acceptors (Lipinski definition) is 2. The van der Waals surface area contributed by atoms with Crippen molar-refractivity contribution in [3.63, 3.8) is 0 Å². The van der Waals surface area contributed by atoms with Crippen LogP contribution in [0.4, 0.5) is 0 Å². The lowest BCUT2D eigenvalue weighted by Crippen LogP contribution is -2.18. The molecule has 1 atom stereocenters. The predicted molar refractivity (Wildman–Crippen MR) is 66.0 cm³/mol. The van der Waals surface area contributed by atoms with Crippen LogP contribution in [0, 0.1) is 0 Å². The molecule has 4 heteroatoms. The summed E-state index contributed by atoms with van der Waals surface area (Å²) in [6.07, 6.45) is 1.54. The number of nitrogens with two attached hydrogens (primary N) is 1. The van der Waals surface area contributed by atoms with Gasteiger partial charge in [-0.15, -0.1) is 0 Å². The van der Waals surface area contributed by atoms with Crippen molar-refractivity contribution in [2.24, 2.45) is 5.73 Å². The smallest absolute Gasteiger partial charge is 0.249 e. The fourth-order valence-corrected chi connectivity index (χ4v) is 2.17. The molecule has 0 aliphatic rings. The summed E-state index contributed by atoms with van der Waals surface area (Å²) in [7, 11) is -1.20. The molecule has 0 fully saturated rings. The quantitative estimate of drug-likeness (QED) is 0.855. The molecule has 0 aromatic heterocycles. The first kappa shape index (κ1) is 12.9. The number of benzene rings is 1. The average molecular weight is 239 g/mol. The molecule has 0 aliphatic heterocycles. The van der Waals surface area contributed by atoms with Gasteiger partial charge < -0.3 is 5.73 Å². The van der Waals surface area contributed by atoms with Crippen LogP contribution in [-0.2, 0) is 16.2 Å².